The molecule has 26 heavy (non-hydrogen) atoms. The van der Waals surface area contributed by atoms with E-state index in [9.17, 15) is 4.57 Å². The zero-order valence-electron chi connectivity index (χ0n) is 17.6. The fourth-order valence-corrected chi connectivity index (χ4v) is 7.78. The van der Waals surface area contributed by atoms with Gasteiger partial charge in [-0.25, -0.2) is 0 Å². The van der Waals surface area contributed by atoms with E-state index in [0.29, 0.717) is 18.0 Å². The normalized spacial score (nSPS) is 36.9. The summed E-state index contributed by atoms with van der Waals surface area (Å²) in [6.45, 7) is 15.5. The van der Waals surface area contributed by atoms with Crippen molar-refractivity contribution >= 4 is 7.37 Å². The number of allylic oxidation sites excluding steroid dienone is 7. The van der Waals surface area contributed by atoms with Crippen molar-refractivity contribution in [3.63, 3.8) is 0 Å². The molecule has 0 fully saturated rings. The van der Waals surface area contributed by atoms with E-state index >= 15 is 0 Å². The quantitative estimate of drug-likeness (QED) is 0.377. The van der Waals surface area contributed by atoms with Crippen LogP contribution in [0.25, 0.3) is 0 Å². The molecule has 5 atom stereocenters. The van der Waals surface area contributed by atoms with Crippen LogP contribution in [0.3, 0.4) is 0 Å². The first-order valence-corrected chi connectivity index (χ1v) is 12.3. The van der Waals surface area contributed by atoms with Crippen molar-refractivity contribution in [3.05, 3.63) is 45.5 Å². The molecule has 0 spiro atoms. The summed E-state index contributed by atoms with van der Waals surface area (Å²) in [6.07, 6.45) is 8.70. The molecule has 1 aliphatic heterocycles. The highest BCUT2D eigenvalue weighted by atomic mass is 31.2. The lowest BCUT2D eigenvalue weighted by atomic mass is 9.72. The van der Waals surface area contributed by atoms with E-state index in [-0.39, 0.29) is 11.8 Å². The van der Waals surface area contributed by atoms with Gasteiger partial charge in [-0.1, -0.05) is 78.2 Å². The summed E-state index contributed by atoms with van der Waals surface area (Å²) in [5, 5.41) is 1.13. The van der Waals surface area contributed by atoms with E-state index in [0.717, 1.165) is 30.3 Å². The summed E-state index contributed by atoms with van der Waals surface area (Å²) in [4.78, 5) is 0. The first-order chi connectivity index (χ1) is 12.3. The molecular weight excluding hydrogens is 339 g/mol. The van der Waals surface area contributed by atoms with Crippen LogP contribution in [0.1, 0.15) is 67.7 Å². The molecule has 0 N–H and O–H groups in total. The van der Waals surface area contributed by atoms with E-state index in [1.807, 2.05) is 6.92 Å². The zero-order valence-corrected chi connectivity index (χ0v) is 18.5. The van der Waals surface area contributed by atoms with Crippen molar-refractivity contribution in [2.45, 2.75) is 67.7 Å². The lowest BCUT2D eigenvalue weighted by Crippen LogP contribution is -2.29. The van der Waals surface area contributed by atoms with Crippen molar-refractivity contribution in [2.75, 3.05) is 6.16 Å². The maximum atomic E-state index is 14.0. The van der Waals surface area contributed by atoms with Gasteiger partial charge >= 0.3 is 0 Å². The maximum absolute atomic E-state index is 14.0. The predicted octanol–water partition coefficient (Wildman–Crippen LogP) is 7.46. The summed E-state index contributed by atoms with van der Waals surface area (Å²) >= 11 is 0. The van der Waals surface area contributed by atoms with Gasteiger partial charge in [0.15, 0.2) is 0 Å². The van der Waals surface area contributed by atoms with Gasteiger partial charge in [0.05, 0.1) is 0 Å². The minimum Gasteiger partial charge on any atom is -0.444 e. The number of hydrogen-bond acceptors (Lipinski definition) is 2. The van der Waals surface area contributed by atoms with Crippen LogP contribution in [-0.2, 0) is 9.09 Å². The monoisotopic (exact) mass is 374 g/mol. The molecule has 0 bridgehead atoms. The molecule has 1 heterocycles. The molecule has 0 radical (unpaired) electrons. The highest BCUT2D eigenvalue weighted by Crippen LogP contribution is 2.68. The van der Waals surface area contributed by atoms with Crippen LogP contribution in [-0.4, -0.2) is 6.16 Å². The van der Waals surface area contributed by atoms with E-state index in [2.05, 4.69) is 53.7 Å². The van der Waals surface area contributed by atoms with Gasteiger partial charge < -0.3 is 4.52 Å². The Morgan fingerprint density at radius 3 is 2.12 bits per heavy atom. The second-order valence-corrected chi connectivity index (χ2v) is 10.9. The largest absolute Gasteiger partial charge is 0.444 e. The highest BCUT2D eigenvalue weighted by Gasteiger charge is 2.47. The van der Waals surface area contributed by atoms with Gasteiger partial charge in [-0.15, -0.1) is 0 Å². The molecule has 3 aliphatic rings. The SMILES string of the molecule is CCCC1=CC(C)C2=C(C1C)P(=O)(CC)OC1=C2C(C)C=C(CC)C1C. The third-order valence-electron chi connectivity index (χ3n) is 6.56. The summed E-state index contributed by atoms with van der Waals surface area (Å²) in [5.41, 5.74) is 5.54. The molecule has 3 rings (SSSR count). The minimum atomic E-state index is -2.82. The third-order valence-corrected chi connectivity index (χ3v) is 9.25. The molecule has 2 nitrogen and oxygen atoms in total. The van der Waals surface area contributed by atoms with Crippen LogP contribution in [0.15, 0.2) is 45.5 Å². The first-order valence-electron chi connectivity index (χ1n) is 10.5. The fraction of sp³-hybridized carbons (Fsp3) is 0.652. The van der Waals surface area contributed by atoms with Crippen molar-refractivity contribution < 1.29 is 9.09 Å². The Kier molecular flexibility index (Phi) is 5.46. The lowest BCUT2D eigenvalue weighted by molar-refractivity contribution is 0.341. The fourth-order valence-electron chi connectivity index (χ4n) is 5.19. The van der Waals surface area contributed by atoms with Crippen LogP contribution >= 0.6 is 7.37 Å². The van der Waals surface area contributed by atoms with E-state index in [1.165, 1.54) is 22.3 Å². The van der Waals surface area contributed by atoms with Crippen LogP contribution < -0.4 is 0 Å². The summed E-state index contributed by atoms with van der Waals surface area (Å²) < 4.78 is 20.5. The summed E-state index contributed by atoms with van der Waals surface area (Å²) in [6, 6.07) is 0. The average molecular weight is 375 g/mol. The van der Waals surface area contributed by atoms with Crippen LogP contribution in [0.4, 0.5) is 0 Å². The number of hydrogen-bond donors (Lipinski definition) is 0. The Morgan fingerprint density at radius 1 is 0.923 bits per heavy atom. The van der Waals surface area contributed by atoms with Crippen molar-refractivity contribution in [2.24, 2.45) is 23.7 Å². The molecule has 0 saturated carbocycles. The number of fused-ring (bicyclic) bond motifs is 1. The van der Waals surface area contributed by atoms with Gasteiger partial charge in [-0.2, -0.15) is 0 Å². The van der Waals surface area contributed by atoms with E-state index in [4.69, 9.17) is 4.52 Å². The Balaban J connectivity index is 2.21. The summed E-state index contributed by atoms with van der Waals surface area (Å²) in [5.74, 6) is 2.14. The average Bonchev–Trinajstić information content (AvgIpc) is 2.61. The number of rotatable bonds is 4. The Bertz CT molecular complexity index is 765. The van der Waals surface area contributed by atoms with Gasteiger partial charge in [0.2, 0.25) is 0 Å². The second-order valence-electron chi connectivity index (χ2n) is 8.27. The Hall–Kier alpha value is -1.01. The molecule has 3 heteroatoms. The van der Waals surface area contributed by atoms with Gasteiger partial charge in [-0.3, -0.25) is 4.57 Å². The van der Waals surface area contributed by atoms with Crippen molar-refractivity contribution in [1.29, 1.82) is 0 Å². The molecule has 0 aromatic carbocycles. The topological polar surface area (TPSA) is 26.3 Å². The van der Waals surface area contributed by atoms with E-state index < -0.39 is 7.37 Å². The third kappa shape index (κ3) is 2.89. The van der Waals surface area contributed by atoms with Crippen LogP contribution in [0.2, 0.25) is 0 Å². The highest BCUT2D eigenvalue weighted by molar-refractivity contribution is 7.63. The molecule has 0 amide bonds. The smallest absolute Gasteiger partial charge is 0.273 e. The molecular formula is C23H35O2P. The van der Waals surface area contributed by atoms with Crippen LogP contribution in [0, 0.1) is 23.7 Å². The standard InChI is InChI=1S/C23H35O2P/c1-8-11-19-13-15(5)21-20-14(4)12-18(9-2)16(6)22(20)25-26(24,10-3)23(21)17(19)7/h12-17H,8-11H2,1-7H3. The molecule has 0 aromatic rings. The second kappa shape index (κ2) is 7.19. The van der Waals surface area contributed by atoms with Crippen molar-refractivity contribution in [3.8, 4) is 0 Å². The van der Waals surface area contributed by atoms with Gasteiger partial charge in [0.1, 0.15) is 5.76 Å². The molecule has 2 aliphatic carbocycles. The molecule has 144 valence electrons. The first kappa shape index (κ1) is 19.7. The zero-order chi connectivity index (χ0) is 19.2. The minimum absolute atomic E-state index is 0.236. The molecule has 0 aromatic heterocycles. The predicted molar refractivity (Wildman–Crippen MR) is 111 cm³/mol. The maximum Gasteiger partial charge on any atom is 0.273 e. The van der Waals surface area contributed by atoms with E-state index in [1.54, 1.807) is 0 Å². The Morgan fingerprint density at radius 2 is 1.54 bits per heavy atom. The van der Waals surface area contributed by atoms with Crippen molar-refractivity contribution in [1.82, 2.24) is 0 Å². The van der Waals surface area contributed by atoms with Gasteiger partial charge in [0.25, 0.3) is 7.37 Å². The van der Waals surface area contributed by atoms with Gasteiger partial charge in [0, 0.05) is 40.7 Å². The van der Waals surface area contributed by atoms with Gasteiger partial charge in [-0.05, 0) is 18.4 Å². The lowest BCUT2D eigenvalue weighted by Gasteiger charge is -2.44. The van der Waals surface area contributed by atoms with Crippen LogP contribution in [0.5, 0.6) is 0 Å². The molecule has 0 saturated heterocycles. The molecule has 5 unspecified atom stereocenters. The Labute approximate surface area is 159 Å². The summed E-state index contributed by atoms with van der Waals surface area (Å²) in [7, 11) is -2.82.